The molecule has 1 fully saturated rings. The summed E-state index contributed by atoms with van der Waals surface area (Å²) in [4.78, 5) is 28.1. The Hall–Kier alpha value is -3.18. The molecule has 4 rings (SSSR count). The number of benzene rings is 1. The lowest BCUT2D eigenvalue weighted by molar-refractivity contribution is -0.141. The Morgan fingerprint density at radius 2 is 2.19 bits per heavy atom. The molecule has 8 nitrogen and oxygen atoms in total. The van der Waals surface area contributed by atoms with E-state index >= 15 is 0 Å². The second kappa shape index (κ2) is 6.28. The van der Waals surface area contributed by atoms with E-state index in [4.69, 9.17) is 11.4 Å². The molecule has 0 radical (unpaired) electrons. The zero-order valence-corrected chi connectivity index (χ0v) is 14.5. The van der Waals surface area contributed by atoms with Gasteiger partial charge in [0.25, 0.3) is 5.84 Å². The van der Waals surface area contributed by atoms with Gasteiger partial charge in [0.1, 0.15) is 25.7 Å². The van der Waals surface area contributed by atoms with E-state index in [2.05, 4.69) is 14.9 Å². The first kappa shape index (κ1) is 16.3. The van der Waals surface area contributed by atoms with Gasteiger partial charge in [-0.05, 0) is 5.56 Å². The van der Waals surface area contributed by atoms with Crippen LogP contribution in [0.3, 0.4) is 0 Å². The predicted molar refractivity (Wildman–Crippen MR) is 93.8 cm³/mol. The highest BCUT2D eigenvalue weighted by Gasteiger charge is 2.51. The van der Waals surface area contributed by atoms with Crippen LogP contribution in [0, 0.1) is 6.57 Å². The average Bonchev–Trinajstić information content (AvgIpc) is 3.18. The van der Waals surface area contributed by atoms with E-state index in [-0.39, 0.29) is 17.9 Å². The summed E-state index contributed by atoms with van der Waals surface area (Å²) in [5.41, 5.74) is 2.70. The molecule has 1 aromatic heterocycles. The fourth-order valence-corrected chi connectivity index (χ4v) is 3.60. The molecule has 0 N–H and O–H groups in total. The SMILES string of the molecule is [C-]#[N+]C(=NC)[C@@H]1c2c(cnn2C)[C@@H]2CN1C(=O)N2OCc1ccccc1. The van der Waals surface area contributed by atoms with Gasteiger partial charge in [0, 0.05) is 19.2 Å². The maximum absolute atomic E-state index is 13.0. The normalized spacial score (nSPS) is 21.7. The number of amides is 2. The van der Waals surface area contributed by atoms with Gasteiger partial charge < -0.3 is 9.74 Å². The fourth-order valence-electron chi connectivity index (χ4n) is 3.60. The molecule has 8 heteroatoms. The molecular formula is C18H18N6O2. The summed E-state index contributed by atoms with van der Waals surface area (Å²) < 4.78 is 1.71. The van der Waals surface area contributed by atoms with Gasteiger partial charge in [0.2, 0.25) is 0 Å². The lowest BCUT2D eigenvalue weighted by atomic mass is 9.97. The quantitative estimate of drug-likeness (QED) is 0.483. The Bertz CT molecular complexity index is 914. The monoisotopic (exact) mass is 350 g/mol. The average molecular weight is 350 g/mol. The van der Waals surface area contributed by atoms with E-state index in [0.29, 0.717) is 13.2 Å². The third-order valence-electron chi connectivity index (χ3n) is 4.83. The number of hydrogen-bond donors (Lipinski definition) is 0. The van der Waals surface area contributed by atoms with Crippen LogP contribution in [0.5, 0.6) is 0 Å². The summed E-state index contributed by atoms with van der Waals surface area (Å²) in [5.74, 6) is 0.270. The Balaban J connectivity index is 1.68. The molecule has 0 saturated carbocycles. The first-order chi connectivity index (χ1) is 12.7. The summed E-state index contributed by atoms with van der Waals surface area (Å²) >= 11 is 0. The second-order valence-corrected chi connectivity index (χ2v) is 6.24. The molecule has 1 saturated heterocycles. The zero-order valence-electron chi connectivity index (χ0n) is 14.5. The summed E-state index contributed by atoms with van der Waals surface area (Å²) in [6.45, 7) is 8.18. The summed E-state index contributed by atoms with van der Waals surface area (Å²) in [5, 5.41) is 5.74. The number of rotatable bonds is 4. The van der Waals surface area contributed by atoms with E-state index in [1.54, 1.807) is 22.8 Å². The molecule has 2 aliphatic heterocycles. The highest BCUT2D eigenvalue weighted by molar-refractivity contribution is 5.99. The number of carbonyl (C=O) groups is 1. The third-order valence-corrected chi connectivity index (χ3v) is 4.83. The van der Waals surface area contributed by atoms with Gasteiger partial charge in [-0.3, -0.25) is 9.52 Å². The van der Waals surface area contributed by atoms with E-state index < -0.39 is 6.04 Å². The van der Waals surface area contributed by atoms with Crippen LogP contribution in [-0.2, 0) is 18.5 Å². The predicted octanol–water partition coefficient (Wildman–Crippen LogP) is 2.33. The van der Waals surface area contributed by atoms with Crippen LogP contribution in [0.1, 0.15) is 28.9 Å². The van der Waals surface area contributed by atoms with Crippen molar-refractivity contribution in [2.45, 2.75) is 18.7 Å². The molecule has 0 spiro atoms. The molecular weight excluding hydrogens is 332 g/mol. The van der Waals surface area contributed by atoms with Crippen LogP contribution in [-0.4, -0.2) is 45.2 Å². The smallest absolute Gasteiger partial charge is 0.344 e. The van der Waals surface area contributed by atoms with Crippen LogP contribution in [0.4, 0.5) is 4.79 Å². The molecule has 1 aromatic carbocycles. The molecule has 26 heavy (non-hydrogen) atoms. The van der Waals surface area contributed by atoms with E-state index in [1.165, 1.54) is 5.06 Å². The Labute approximate surface area is 151 Å². The number of nitrogens with zero attached hydrogens (tertiary/aromatic N) is 6. The topological polar surface area (TPSA) is 67.3 Å². The van der Waals surface area contributed by atoms with Gasteiger partial charge in [-0.25, -0.2) is 4.79 Å². The van der Waals surface area contributed by atoms with Crippen molar-refractivity contribution in [3.63, 3.8) is 0 Å². The van der Waals surface area contributed by atoms with Gasteiger partial charge in [0.15, 0.2) is 0 Å². The lowest BCUT2D eigenvalue weighted by Gasteiger charge is -2.30. The van der Waals surface area contributed by atoms with Gasteiger partial charge in [-0.15, -0.1) is 0 Å². The van der Waals surface area contributed by atoms with Crippen molar-refractivity contribution in [1.82, 2.24) is 19.7 Å². The van der Waals surface area contributed by atoms with Crippen LogP contribution in [0.25, 0.3) is 4.85 Å². The van der Waals surface area contributed by atoms with Crippen molar-refractivity contribution >= 4 is 11.9 Å². The minimum absolute atomic E-state index is 0.241. The molecule has 2 bridgehead atoms. The van der Waals surface area contributed by atoms with Gasteiger partial charge in [0.05, 0.1) is 11.9 Å². The molecule has 2 atom stereocenters. The van der Waals surface area contributed by atoms with Crippen LogP contribution in [0.15, 0.2) is 41.5 Å². The molecule has 3 heterocycles. The number of hydroxylamine groups is 2. The number of carbonyl (C=O) groups excluding carboxylic acids is 1. The number of aryl methyl sites for hydroxylation is 1. The highest BCUT2D eigenvalue weighted by Crippen LogP contribution is 2.44. The maximum Gasteiger partial charge on any atom is 0.344 e. The van der Waals surface area contributed by atoms with Gasteiger partial charge >= 0.3 is 6.03 Å². The summed E-state index contributed by atoms with van der Waals surface area (Å²) in [7, 11) is 3.38. The first-order valence-corrected chi connectivity index (χ1v) is 8.28. The molecule has 132 valence electrons. The maximum atomic E-state index is 13.0. The number of hydrogen-bond acceptors (Lipinski definition) is 4. The van der Waals surface area contributed by atoms with Crippen molar-refractivity contribution in [1.29, 1.82) is 0 Å². The minimum Gasteiger partial charge on any atom is -0.363 e. The summed E-state index contributed by atoms with van der Waals surface area (Å²) in [6.07, 6.45) is 1.75. The Kier molecular flexibility index (Phi) is 3.93. The molecule has 2 aliphatic rings. The largest absolute Gasteiger partial charge is 0.363 e. The van der Waals surface area contributed by atoms with Crippen molar-refractivity contribution < 1.29 is 9.63 Å². The van der Waals surface area contributed by atoms with E-state index in [9.17, 15) is 4.79 Å². The minimum atomic E-state index is -0.533. The van der Waals surface area contributed by atoms with Gasteiger partial charge in [-0.1, -0.05) is 36.9 Å². The Morgan fingerprint density at radius 3 is 2.88 bits per heavy atom. The second-order valence-electron chi connectivity index (χ2n) is 6.24. The molecule has 0 unspecified atom stereocenters. The molecule has 2 amide bonds. The fraction of sp³-hybridized carbons (Fsp3) is 0.333. The van der Waals surface area contributed by atoms with Crippen molar-refractivity contribution in [2.75, 3.05) is 13.6 Å². The first-order valence-electron chi connectivity index (χ1n) is 8.28. The van der Waals surface area contributed by atoms with E-state index in [1.807, 2.05) is 37.4 Å². The third kappa shape index (κ3) is 2.36. The Morgan fingerprint density at radius 1 is 1.42 bits per heavy atom. The number of urea groups is 1. The van der Waals surface area contributed by atoms with Crippen LogP contribution in [0.2, 0.25) is 0 Å². The lowest BCUT2D eigenvalue weighted by Crippen LogP contribution is -2.38. The zero-order chi connectivity index (χ0) is 18.3. The standard InChI is InChI=1S/C18H18N6O2/c1-19-17(20-2)16-15-13(9-21-22(15)3)14-10-23(16)18(25)24(14)26-11-12-7-5-4-6-8-12/h4-9,14,16H,10-11H2,1,3H3/t14-,16-/m0/s1. The van der Waals surface area contributed by atoms with Crippen LogP contribution >= 0.6 is 0 Å². The molecule has 2 aromatic rings. The highest BCUT2D eigenvalue weighted by atomic mass is 16.7. The number of aromatic nitrogens is 2. The van der Waals surface area contributed by atoms with E-state index in [0.717, 1.165) is 16.8 Å². The van der Waals surface area contributed by atoms with Crippen molar-refractivity contribution in [3.8, 4) is 0 Å². The molecule has 0 aliphatic carbocycles. The number of amidine groups is 1. The van der Waals surface area contributed by atoms with Gasteiger partial charge in [-0.2, -0.15) is 15.2 Å². The number of fused-ring (bicyclic) bond motifs is 4. The summed E-state index contributed by atoms with van der Waals surface area (Å²) in [6, 6.07) is 8.67. The van der Waals surface area contributed by atoms with Crippen LogP contribution < -0.4 is 0 Å². The van der Waals surface area contributed by atoms with Crippen molar-refractivity contribution in [2.24, 2.45) is 12.0 Å². The number of aliphatic imine (C=N–C) groups is 1. The van der Waals surface area contributed by atoms with Crippen molar-refractivity contribution in [3.05, 3.63) is 64.8 Å².